The molecule has 0 aromatic carbocycles. The van der Waals surface area contributed by atoms with E-state index < -0.39 is 12.6 Å². The van der Waals surface area contributed by atoms with Gasteiger partial charge in [-0.15, -0.1) is 5.10 Å². The Morgan fingerprint density at radius 1 is 1.29 bits per heavy atom. The van der Waals surface area contributed by atoms with Crippen molar-refractivity contribution in [1.82, 2.24) is 29.6 Å². The molecule has 1 fully saturated rings. The summed E-state index contributed by atoms with van der Waals surface area (Å²) in [5, 5.41) is 24.2. The lowest BCUT2D eigenvalue weighted by atomic mass is 9.80. The van der Waals surface area contributed by atoms with Crippen molar-refractivity contribution in [3.8, 4) is 28.7 Å². The van der Waals surface area contributed by atoms with E-state index in [0.29, 0.717) is 32.9 Å². The van der Waals surface area contributed by atoms with Gasteiger partial charge in [-0.1, -0.05) is 5.21 Å². The van der Waals surface area contributed by atoms with E-state index >= 15 is 0 Å². The van der Waals surface area contributed by atoms with Gasteiger partial charge in [0, 0.05) is 23.5 Å². The Morgan fingerprint density at radius 3 is 2.83 bits per heavy atom. The molecule has 0 atom stereocenters. The Balaban J connectivity index is 1.46. The third-order valence-corrected chi connectivity index (χ3v) is 5.84. The highest BCUT2D eigenvalue weighted by molar-refractivity contribution is 5.79. The molecule has 4 aromatic rings. The lowest BCUT2D eigenvalue weighted by molar-refractivity contribution is 0.0546. The van der Waals surface area contributed by atoms with Crippen LogP contribution in [0.2, 0.25) is 0 Å². The van der Waals surface area contributed by atoms with Gasteiger partial charge < -0.3 is 15.8 Å². The first-order valence-electron chi connectivity index (χ1n) is 10.7. The van der Waals surface area contributed by atoms with Crippen molar-refractivity contribution < 1.29 is 18.3 Å². The molecule has 35 heavy (non-hydrogen) atoms. The number of nitriles is 1. The van der Waals surface area contributed by atoms with E-state index in [1.807, 2.05) is 12.1 Å². The zero-order chi connectivity index (χ0) is 24.5. The number of pyridine rings is 1. The molecule has 0 spiro atoms. The summed E-state index contributed by atoms with van der Waals surface area (Å²) in [5.74, 6) is 0.178. The Morgan fingerprint density at radius 2 is 2.11 bits per heavy atom. The van der Waals surface area contributed by atoms with Gasteiger partial charge in [-0.05, 0) is 43.0 Å². The number of anilines is 1. The second kappa shape index (κ2) is 8.98. The number of carbonyl (C=O) groups is 1. The minimum absolute atomic E-state index is 0.0657. The largest absolute Gasteiger partial charge is 0.449 e. The van der Waals surface area contributed by atoms with E-state index in [4.69, 9.17) is 15.7 Å². The highest BCUT2D eigenvalue weighted by Gasteiger charge is 2.31. The summed E-state index contributed by atoms with van der Waals surface area (Å²) in [4.78, 5) is 15.4. The fraction of sp³-hybridized carbons (Fsp3) is 0.273. The molecule has 11 nitrogen and oxygen atoms in total. The molecular formula is C22H19F2N9O2. The minimum atomic E-state index is -2.81. The van der Waals surface area contributed by atoms with Gasteiger partial charge in [-0.25, -0.2) is 9.31 Å². The van der Waals surface area contributed by atoms with Gasteiger partial charge in [0.05, 0.1) is 41.5 Å². The summed E-state index contributed by atoms with van der Waals surface area (Å²) in [7, 11) is 0. The lowest BCUT2D eigenvalue weighted by Crippen LogP contribution is -2.38. The number of hydrogen-bond acceptors (Lipinski definition) is 8. The van der Waals surface area contributed by atoms with Crippen LogP contribution >= 0.6 is 0 Å². The van der Waals surface area contributed by atoms with Crippen molar-refractivity contribution in [2.45, 2.75) is 25.4 Å². The Hall–Kier alpha value is -4.60. The third-order valence-electron chi connectivity index (χ3n) is 5.84. The molecule has 0 unspecified atom stereocenters. The number of fused-ring (bicyclic) bond motifs is 1. The summed E-state index contributed by atoms with van der Waals surface area (Å²) in [6, 6.07) is 9.31. The molecule has 1 amide bonds. The van der Waals surface area contributed by atoms with Crippen LogP contribution in [-0.2, 0) is 4.74 Å². The normalized spacial score (nSPS) is 17.2. The van der Waals surface area contributed by atoms with Crippen molar-refractivity contribution in [1.29, 1.82) is 5.26 Å². The number of hydrogen-bond donors (Lipinski definition) is 2. The first-order valence-corrected chi connectivity index (χ1v) is 10.7. The van der Waals surface area contributed by atoms with Gasteiger partial charge in [0.1, 0.15) is 11.8 Å². The summed E-state index contributed by atoms with van der Waals surface area (Å²) >= 11 is 0. The average molecular weight is 479 g/mol. The molecular weight excluding hydrogens is 460 g/mol. The molecule has 0 radical (unpaired) electrons. The standard InChI is InChI=1S/C22H19F2N9O2/c23-21(24)32-10-19(30-31-32)16-9-27-18(20-2-1-15-5-13(7-25)8-28-33(15)20)6-17(16)29-14-3-12(4-14)11-35-22(26)34/h1-2,5-6,8-10,12,14,21H,3-4,11H2,(H2,26,34)(H,27,29). The van der Waals surface area contributed by atoms with Crippen LogP contribution in [-0.4, -0.2) is 48.3 Å². The number of amides is 1. The van der Waals surface area contributed by atoms with Gasteiger partial charge in [0.15, 0.2) is 0 Å². The van der Waals surface area contributed by atoms with Gasteiger partial charge in [-0.3, -0.25) is 4.98 Å². The zero-order valence-corrected chi connectivity index (χ0v) is 18.2. The number of carbonyl (C=O) groups excluding carboxylic acids is 1. The van der Waals surface area contributed by atoms with E-state index in [1.165, 1.54) is 6.20 Å². The maximum atomic E-state index is 13.0. The van der Waals surface area contributed by atoms with Crippen LogP contribution in [0.3, 0.4) is 0 Å². The second-order valence-electron chi connectivity index (χ2n) is 8.20. The molecule has 0 saturated heterocycles. The summed E-state index contributed by atoms with van der Waals surface area (Å²) in [5.41, 5.74) is 8.87. The Kier molecular flexibility index (Phi) is 5.69. The van der Waals surface area contributed by atoms with E-state index in [-0.39, 0.29) is 24.3 Å². The van der Waals surface area contributed by atoms with Gasteiger partial charge >= 0.3 is 12.6 Å². The Labute approximate surface area is 197 Å². The fourth-order valence-electron chi connectivity index (χ4n) is 4.08. The smallest absolute Gasteiger partial charge is 0.404 e. The molecule has 4 aromatic heterocycles. The number of halogens is 2. The van der Waals surface area contributed by atoms with Crippen LogP contribution in [0.25, 0.3) is 28.2 Å². The van der Waals surface area contributed by atoms with Crippen molar-refractivity contribution in [2.24, 2.45) is 11.7 Å². The van der Waals surface area contributed by atoms with E-state index in [0.717, 1.165) is 24.6 Å². The number of primary amides is 1. The van der Waals surface area contributed by atoms with Crippen LogP contribution in [0.4, 0.5) is 19.3 Å². The van der Waals surface area contributed by atoms with E-state index in [9.17, 15) is 13.6 Å². The molecule has 1 aliphatic rings. The number of aromatic nitrogens is 6. The predicted octanol–water partition coefficient (Wildman–Crippen LogP) is 3.21. The topological polar surface area (TPSA) is 149 Å². The van der Waals surface area contributed by atoms with Gasteiger partial charge in [-0.2, -0.15) is 23.8 Å². The SMILES string of the molecule is N#Cc1cnn2c(-c3cc(NC4CC(COC(N)=O)C4)c(-c4cn(C(F)F)nn4)cn3)ccc2c1. The molecule has 3 N–H and O–H groups in total. The first kappa shape index (κ1) is 22.2. The molecule has 0 bridgehead atoms. The summed E-state index contributed by atoms with van der Waals surface area (Å²) < 4.78 is 33.1. The highest BCUT2D eigenvalue weighted by Crippen LogP contribution is 2.36. The van der Waals surface area contributed by atoms with Crippen molar-refractivity contribution in [3.05, 3.63) is 48.4 Å². The van der Waals surface area contributed by atoms with Gasteiger partial charge in [0.25, 0.3) is 0 Å². The average Bonchev–Trinajstić information content (AvgIpc) is 3.47. The molecule has 1 aliphatic carbocycles. The maximum absolute atomic E-state index is 13.0. The second-order valence-corrected chi connectivity index (χ2v) is 8.20. The number of ether oxygens (including phenoxy) is 1. The molecule has 5 rings (SSSR count). The Bertz CT molecular complexity index is 1440. The predicted molar refractivity (Wildman–Crippen MR) is 119 cm³/mol. The fourth-order valence-corrected chi connectivity index (χ4v) is 4.08. The maximum Gasteiger partial charge on any atom is 0.404 e. The van der Waals surface area contributed by atoms with Crippen molar-refractivity contribution in [3.63, 3.8) is 0 Å². The number of alkyl halides is 2. The molecule has 1 saturated carbocycles. The molecule has 0 aliphatic heterocycles. The molecule has 4 heterocycles. The first-order chi connectivity index (χ1) is 16.9. The minimum Gasteiger partial charge on any atom is -0.449 e. The van der Waals surface area contributed by atoms with E-state index in [1.54, 1.807) is 22.8 Å². The van der Waals surface area contributed by atoms with Crippen LogP contribution < -0.4 is 11.1 Å². The number of nitrogens with zero attached hydrogens (tertiary/aromatic N) is 7. The van der Waals surface area contributed by atoms with Crippen LogP contribution in [0.15, 0.2) is 42.9 Å². The third kappa shape index (κ3) is 4.45. The number of nitrogens with two attached hydrogens (primary N) is 1. The zero-order valence-electron chi connectivity index (χ0n) is 18.2. The molecule has 13 heteroatoms. The lowest BCUT2D eigenvalue weighted by Gasteiger charge is -2.36. The van der Waals surface area contributed by atoms with Crippen LogP contribution in [0.1, 0.15) is 25.0 Å². The van der Waals surface area contributed by atoms with Crippen LogP contribution in [0, 0.1) is 17.2 Å². The van der Waals surface area contributed by atoms with E-state index in [2.05, 4.69) is 31.8 Å². The van der Waals surface area contributed by atoms with Crippen LogP contribution in [0.5, 0.6) is 0 Å². The number of nitrogens with one attached hydrogen (secondary N) is 1. The highest BCUT2D eigenvalue weighted by atomic mass is 19.3. The van der Waals surface area contributed by atoms with Gasteiger partial charge in [0.2, 0.25) is 0 Å². The van der Waals surface area contributed by atoms with Crippen molar-refractivity contribution >= 4 is 17.3 Å². The van der Waals surface area contributed by atoms with Crippen molar-refractivity contribution in [2.75, 3.05) is 11.9 Å². The summed E-state index contributed by atoms with van der Waals surface area (Å²) in [6.07, 6.45) is 4.84. The molecule has 178 valence electrons. The number of rotatable bonds is 7. The quantitative estimate of drug-likeness (QED) is 0.410. The monoisotopic (exact) mass is 479 g/mol. The summed E-state index contributed by atoms with van der Waals surface area (Å²) in [6.45, 7) is -2.56.